The third-order valence-electron chi connectivity index (χ3n) is 3.64. The molecule has 4 heteroatoms. The maximum atomic E-state index is 12.5. The Morgan fingerprint density at radius 1 is 0.708 bits per heavy atom. The number of aromatic hydroxyl groups is 1. The summed E-state index contributed by atoms with van der Waals surface area (Å²) in [5.41, 5.74) is 1.71. The molecule has 0 bridgehead atoms. The number of phenolic OH excluding ortho intramolecular Hbond substituents is 1. The minimum Gasteiger partial charge on any atom is -0.508 e. The number of rotatable bonds is 4. The van der Waals surface area contributed by atoms with Crippen LogP contribution in [0.1, 0.15) is 31.8 Å². The first kappa shape index (κ1) is 16.0. The summed E-state index contributed by atoms with van der Waals surface area (Å²) in [5.74, 6) is -0.446. The van der Waals surface area contributed by atoms with Crippen LogP contribution < -0.4 is 0 Å². The van der Waals surface area contributed by atoms with Crippen molar-refractivity contribution in [1.29, 1.82) is 0 Å². The minimum atomic E-state index is -0.311. The number of ketones is 2. The van der Waals surface area contributed by atoms with Crippen molar-refractivity contribution in [2.75, 3.05) is 0 Å². The van der Waals surface area contributed by atoms with E-state index in [4.69, 9.17) is 11.6 Å². The molecule has 0 amide bonds. The highest BCUT2D eigenvalue weighted by molar-refractivity contribution is 6.35. The van der Waals surface area contributed by atoms with Crippen LogP contribution in [0.4, 0.5) is 0 Å². The Hall–Kier alpha value is -2.91. The first-order valence-electron chi connectivity index (χ1n) is 7.29. The van der Waals surface area contributed by atoms with Crippen molar-refractivity contribution in [1.82, 2.24) is 0 Å². The number of phenols is 1. The van der Waals surface area contributed by atoms with E-state index in [0.29, 0.717) is 16.7 Å². The van der Waals surface area contributed by atoms with Crippen LogP contribution in [0.15, 0.2) is 72.8 Å². The molecule has 1 N–H and O–H groups in total. The molecule has 118 valence electrons. The predicted molar refractivity (Wildman–Crippen MR) is 92.9 cm³/mol. The number of benzene rings is 3. The van der Waals surface area contributed by atoms with E-state index in [2.05, 4.69) is 0 Å². The average Bonchev–Trinajstić information content (AvgIpc) is 2.63. The number of hydrogen-bond donors (Lipinski definition) is 1. The summed E-state index contributed by atoms with van der Waals surface area (Å²) in [6, 6.07) is 19.5. The Labute approximate surface area is 144 Å². The normalized spacial score (nSPS) is 10.4. The third kappa shape index (κ3) is 3.21. The fourth-order valence-electron chi connectivity index (χ4n) is 2.37. The van der Waals surface area contributed by atoms with Crippen molar-refractivity contribution in [2.24, 2.45) is 0 Å². The number of halogens is 1. The van der Waals surface area contributed by atoms with Gasteiger partial charge in [-0.15, -0.1) is 0 Å². The Morgan fingerprint density at radius 3 is 1.88 bits per heavy atom. The molecule has 0 fully saturated rings. The lowest BCUT2D eigenvalue weighted by atomic mass is 9.98. The van der Waals surface area contributed by atoms with Crippen LogP contribution in [0.2, 0.25) is 5.02 Å². The molecule has 0 aliphatic rings. The molecular formula is C20H13ClO3. The van der Waals surface area contributed by atoms with Gasteiger partial charge in [0.1, 0.15) is 5.75 Å². The summed E-state index contributed by atoms with van der Waals surface area (Å²) in [5, 5.41) is 9.79. The second kappa shape index (κ2) is 6.69. The number of carbonyl (C=O) groups excluding carboxylic acids is 2. The van der Waals surface area contributed by atoms with E-state index in [0.717, 1.165) is 0 Å². The SMILES string of the molecule is O=C(c1ccccc1)c1ccc(C(=O)c2cc(O)ccc2Cl)cc1. The Balaban J connectivity index is 1.88. The summed E-state index contributed by atoms with van der Waals surface area (Å²) in [6.45, 7) is 0. The highest BCUT2D eigenvalue weighted by atomic mass is 35.5. The molecule has 0 spiro atoms. The van der Waals surface area contributed by atoms with Crippen LogP contribution in [-0.2, 0) is 0 Å². The molecule has 0 aromatic heterocycles. The second-order valence-electron chi connectivity index (χ2n) is 5.27. The molecule has 0 atom stereocenters. The Bertz CT molecular complexity index is 900. The van der Waals surface area contributed by atoms with Gasteiger partial charge in [0.05, 0.1) is 5.02 Å². The summed E-state index contributed by atoms with van der Waals surface area (Å²) in [7, 11) is 0. The first-order chi connectivity index (χ1) is 11.6. The van der Waals surface area contributed by atoms with Crippen LogP contribution in [0, 0.1) is 0 Å². The van der Waals surface area contributed by atoms with E-state index >= 15 is 0 Å². The quantitative estimate of drug-likeness (QED) is 0.713. The molecule has 0 saturated carbocycles. The molecule has 24 heavy (non-hydrogen) atoms. The maximum Gasteiger partial charge on any atom is 0.194 e. The average molecular weight is 337 g/mol. The summed E-state index contributed by atoms with van der Waals surface area (Å²) < 4.78 is 0. The largest absolute Gasteiger partial charge is 0.508 e. The lowest BCUT2D eigenvalue weighted by Gasteiger charge is -2.06. The fraction of sp³-hybridized carbons (Fsp3) is 0. The summed E-state index contributed by atoms with van der Waals surface area (Å²) >= 11 is 6.02. The lowest BCUT2D eigenvalue weighted by Crippen LogP contribution is -2.05. The molecule has 3 aromatic carbocycles. The summed E-state index contributed by atoms with van der Waals surface area (Å²) in [6.07, 6.45) is 0. The van der Waals surface area contributed by atoms with Crippen molar-refractivity contribution < 1.29 is 14.7 Å². The van der Waals surface area contributed by atoms with Crippen molar-refractivity contribution in [3.05, 3.63) is 100 Å². The maximum absolute atomic E-state index is 12.5. The van der Waals surface area contributed by atoms with Crippen molar-refractivity contribution in [2.45, 2.75) is 0 Å². The van der Waals surface area contributed by atoms with Crippen molar-refractivity contribution in [3.63, 3.8) is 0 Å². The van der Waals surface area contributed by atoms with Gasteiger partial charge in [-0.2, -0.15) is 0 Å². The van der Waals surface area contributed by atoms with E-state index in [1.54, 1.807) is 48.5 Å². The lowest BCUT2D eigenvalue weighted by molar-refractivity contribution is 0.102. The van der Waals surface area contributed by atoms with Gasteiger partial charge in [-0.25, -0.2) is 0 Å². The smallest absolute Gasteiger partial charge is 0.194 e. The third-order valence-corrected chi connectivity index (χ3v) is 3.97. The van der Waals surface area contributed by atoms with Gasteiger partial charge in [0.2, 0.25) is 0 Å². The molecule has 0 aliphatic carbocycles. The van der Waals surface area contributed by atoms with E-state index in [-0.39, 0.29) is 27.9 Å². The predicted octanol–water partition coefficient (Wildman–Crippen LogP) is 4.51. The van der Waals surface area contributed by atoms with Gasteiger partial charge in [-0.3, -0.25) is 9.59 Å². The van der Waals surface area contributed by atoms with E-state index in [1.165, 1.54) is 18.2 Å². The van der Waals surface area contributed by atoms with Crippen LogP contribution in [0.5, 0.6) is 5.75 Å². The van der Waals surface area contributed by atoms with Crippen LogP contribution in [0.3, 0.4) is 0 Å². The van der Waals surface area contributed by atoms with E-state index < -0.39 is 0 Å². The van der Waals surface area contributed by atoms with E-state index in [1.807, 2.05) is 6.07 Å². The molecule has 3 aromatic rings. The van der Waals surface area contributed by atoms with Gasteiger partial charge < -0.3 is 5.11 Å². The standard InChI is InChI=1S/C20H13ClO3/c21-18-11-10-16(22)12-17(18)20(24)15-8-6-14(7-9-15)19(23)13-4-2-1-3-5-13/h1-12,22H. The van der Waals surface area contributed by atoms with Crippen molar-refractivity contribution in [3.8, 4) is 5.75 Å². The molecule has 0 heterocycles. The monoisotopic (exact) mass is 336 g/mol. The zero-order valence-corrected chi connectivity index (χ0v) is 13.3. The Morgan fingerprint density at radius 2 is 1.25 bits per heavy atom. The molecule has 0 radical (unpaired) electrons. The van der Waals surface area contributed by atoms with Gasteiger partial charge in [-0.1, -0.05) is 66.2 Å². The fourth-order valence-corrected chi connectivity index (χ4v) is 2.58. The Kier molecular flexibility index (Phi) is 4.45. The highest BCUT2D eigenvalue weighted by Crippen LogP contribution is 2.24. The highest BCUT2D eigenvalue weighted by Gasteiger charge is 2.15. The molecule has 0 aliphatic heterocycles. The molecular weight excluding hydrogens is 324 g/mol. The van der Waals surface area contributed by atoms with Crippen LogP contribution in [-0.4, -0.2) is 16.7 Å². The molecule has 3 rings (SSSR count). The van der Waals surface area contributed by atoms with Gasteiger partial charge >= 0.3 is 0 Å². The van der Waals surface area contributed by atoms with Gasteiger partial charge in [0.25, 0.3) is 0 Å². The molecule has 0 unspecified atom stereocenters. The van der Waals surface area contributed by atoms with Gasteiger partial charge in [0.15, 0.2) is 11.6 Å². The van der Waals surface area contributed by atoms with Gasteiger partial charge in [-0.05, 0) is 18.2 Å². The molecule has 0 saturated heterocycles. The topological polar surface area (TPSA) is 54.4 Å². The van der Waals surface area contributed by atoms with Gasteiger partial charge in [0, 0.05) is 22.3 Å². The number of hydrogen-bond acceptors (Lipinski definition) is 3. The summed E-state index contributed by atoms with van der Waals surface area (Å²) in [4.78, 5) is 24.8. The zero-order valence-electron chi connectivity index (χ0n) is 12.6. The minimum absolute atomic E-state index is 0.0291. The van der Waals surface area contributed by atoms with E-state index in [9.17, 15) is 14.7 Å². The van der Waals surface area contributed by atoms with Crippen LogP contribution >= 0.6 is 11.6 Å². The zero-order chi connectivity index (χ0) is 17.1. The molecule has 3 nitrogen and oxygen atoms in total. The number of carbonyl (C=O) groups is 2. The van der Waals surface area contributed by atoms with Crippen LogP contribution in [0.25, 0.3) is 0 Å². The van der Waals surface area contributed by atoms with Crippen molar-refractivity contribution >= 4 is 23.2 Å². The first-order valence-corrected chi connectivity index (χ1v) is 7.67. The second-order valence-corrected chi connectivity index (χ2v) is 5.67.